The Hall–Kier alpha value is -3.24. The molecular formula is C27H29N7S2. The Balaban J connectivity index is 1.57. The Bertz CT molecular complexity index is 1490. The molecule has 0 aliphatic rings. The van der Waals surface area contributed by atoms with E-state index in [0.717, 1.165) is 74.3 Å². The van der Waals surface area contributed by atoms with E-state index in [1.165, 1.54) is 17.1 Å². The van der Waals surface area contributed by atoms with Crippen LogP contribution < -0.4 is 16.0 Å². The third kappa shape index (κ3) is 5.15. The molecule has 7 nitrogen and oxygen atoms in total. The summed E-state index contributed by atoms with van der Waals surface area (Å²) in [5.41, 5.74) is 10.0. The van der Waals surface area contributed by atoms with Crippen LogP contribution in [0.3, 0.4) is 0 Å². The molecule has 2 aromatic carbocycles. The molecule has 3 N–H and O–H groups in total. The SMILES string of the molecule is CNCCNCc1cccc(-c2nc(Nc3ccc4ncsc4c3)c(C)c(-c3c(C)nsc3C)n2)c1. The summed E-state index contributed by atoms with van der Waals surface area (Å²) >= 11 is 3.15. The summed E-state index contributed by atoms with van der Waals surface area (Å²) in [5, 5.41) is 10.2. The quantitative estimate of drug-likeness (QED) is 0.212. The van der Waals surface area contributed by atoms with Crippen LogP contribution in [-0.4, -0.2) is 39.5 Å². The van der Waals surface area contributed by atoms with Gasteiger partial charge in [-0.1, -0.05) is 18.2 Å². The normalized spacial score (nSPS) is 11.3. The molecule has 184 valence electrons. The first-order valence-electron chi connectivity index (χ1n) is 11.9. The third-order valence-corrected chi connectivity index (χ3v) is 7.71. The number of aromatic nitrogens is 4. The Morgan fingerprint density at radius 3 is 2.67 bits per heavy atom. The maximum absolute atomic E-state index is 5.08. The van der Waals surface area contributed by atoms with Crippen LogP contribution in [0.2, 0.25) is 0 Å². The number of fused-ring (bicyclic) bond motifs is 1. The number of aryl methyl sites for hydroxylation is 2. The molecule has 36 heavy (non-hydrogen) atoms. The maximum Gasteiger partial charge on any atom is 0.162 e. The minimum atomic E-state index is 0.694. The van der Waals surface area contributed by atoms with E-state index in [-0.39, 0.29) is 0 Å². The lowest BCUT2D eigenvalue weighted by Gasteiger charge is -2.15. The fourth-order valence-corrected chi connectivity index (χ4v) is 5.59. The van der Waals surface area contributed by atoms with E-state index in [4.69, 9.17) is 9.97 Å². The van der Waals surface area contributed by atoms with E-state index in [0.29, 0.717) is 5.82 Å². The summed E-state index contributed by atoms with van der Waals surface area (Å²) in [4.78, 5) is 15.6. The first-order valence-corrected chi connectivity index (χ1v) is 13.6. The van der Waals surface area contributed by atoms with Gasteiger partial charge in [0.25, 0.3) is 0 Å². The highest BCUT2D eigenvalue weighted by atomic mass is 32.1. The number of likely N-dealkylation sites (N-methyl/N-ethyl adjacent to an activating group) is 1. The van der Waals surface area contributed by atoms with E-state index in [2.05, 4.69) is 69.5 Å². The van der Waals surface area contributed by atoms with Crippen LogP contribution in [0.1, 0.15) is 21.7 Å². The van der Waals surface area contributed by atoms with Crippen LogP contribution in [0.4, 0.5) is 11.5 Å². The molecule has 3 heterocycles. The van der Waals surface area contributed by atoms with E-state index in [9.17, 15) is 0 Å². The second kappa shape index (κ2) is 10.8. The minimum absolute atomic E-state index is 0.694. The lowest BCUT2D eigenvalue weighted by Crippen LogP contribution is -2.24. The lowest BCUT2D eigenvalue weighted by atomic mass is 10.0. The van der Waals surface area contributed by atoms with Crippen molar-refractivity contribution in [1.29, 1.82) is 0 Å². The van der Waals surface area contributed by atoms with Crippen molar-refractivity contribution in [2.75, 3.05) is 25.5 Å². The summed E-state index contributed by atoms with van der Waals surface area (Å²) in [6.45, 7) is 8.85. The maximum atomic E-state index is 5.08. The molecule has 0 aliphatic carbocycles. The van der Waals surface area contributed by atoms with Crippen molar-refractivity contribution in [2.45, 2.75) is 27.3 Å². The number of nitrogens with one attached hydrogen (secondary N) is 3. The first kappa shape index (κ1) is 24.5. The average molecular weight is 516 g/mol. The molecule has 5 aromatic rings. The fraction of sp³-hybridized carbons (Fsp3) is 0.259. The molecule has 0 atom stereocenters. The molecule has 0 saturated carbocycles. The van der Waals surface area contributed by atoms with Crippen LogP contribution in [0.25, 0.3) is 32.9 Å². The summed E-state index contributed by atoms with van der Waals surface area (Å²) < 4.78 is 5.72. The predicted octanol–water partition coefficient (Wildman–Crippen LogP) is 5.85. The topological polar surface area (TPSA) is 87.7 Å². The zero-order valence-corrected chi connectivity index (χ0v) is 22.5. The molecule has 0 fully saturated rings. The smallest absolute Gasteiger partial charge is 0.162 e. The molecule has 0 aliphatic heterocycles. The van der Waals surface area contributed by atoms with Crippen LogP contribution in [0.15, 0.2) is 48.0 Å². The summed E-state index contributed by atoms with van der Waals surface area (Å²) in [6, 6.07) is 14.6. The van der Waals surface area contributed by atoms with Crippen molar-refractivity contribution in [3.8, 4) is 22.6 Å². The molecule has 0 unspecified atom stereocenters. The van der Waals surface area contributed by atoms with Crippen molar-refractivity contribution >= 4 is 44.6 Å². The second-order valence-electron chi connectivity index (χ2n) is 8.71. The molecular weight excluding hydrogens is 486 g/mol. The van der Waals surface area contributed by atoms with Gasteiger partial charge in [0.1, 0.15) is 5.82 Å². The number of benzene rings is 2. The minimum Gasteiger partial charge on any atom is -0.340 e. The van der Waals surface area contributed by atoms with E-state index >= 15 is 0 Å². The largest absolute Gasteiger partial charge is 0.340 e. The van der Waals surface area contributed by atoms with Gasteiger partial charge < -0.3 is 16.0 Å². The van der Waals surface area contributed by atoms with Gasteiger partial charge in [0, 0.05) is 46.9 Å². The van der Waals surface area contributed by atoms with Gasteiger partial charge in [0.2, 0.25) is 0 Å². The number of anilines is 2. The molecule has 5 rings (SSSR count). The Kier molecular flexibility index (Phi) is 7.33. The first-order chi connectivity index (χ1) is 17.5. The van der Waals surface area contributed by atoms with Gasteiger partial charge in [-0.25, -0.2) is 15.0 Å². The molecule has 0 bridgehead atoms. The zero-order valence-electron chi connectivity index (χ0n) is 20.8. The Morgan fingerprint density at radius 2 is 1.86 bits per heavy atom. The van der Waals surface area contributed by atoms with Crippen molar-refractivity contribution in [3.05, 3.63) is 69.7 Å². The van der Waals surface area contributed by atoms with Gasteiger partial charge in [-0.3, -0.25) is 0 Å². The van der Waals surface area contributed by atoms with Crippen LogP contribution in [0.5, 0.6) is 0 Å². The van der Waals surface area contributed by atoms with Crippen LogP contribution >= 0.6 is 22.9 Å². The number of nitrogens with zero attached hydrogens (tertiary/aromatic N) is 4. The third-order valence-electron chi connectivity index (χ3n) is 6.08. The summed E-state index contributed by atoms with van der Waals surface area (Å²) in [7, 11) is 1.96. The monoisotopic (exact) mass is 515 g/mol. The second-order valence-corrected chi connectivity index (χ2v) is 10.6. The van der Waals surface area contributed by atoms with Gasteiger partial charge in [-0.05, 0) is 69.2 Å². The molecule has 0 spiro atoms. The van der Waals surface area contributed by atoms with E-state index in [1.54, 1.807) is 11.3 Å². The standard InChI is InChI=1S/C27H29N7S2/c1-16-25(24-17(2)34-36-18(24)3)32-27(20-7-5-6-19(12-20)14-29-11-10-28-4)33-26(16)31-21-8-9-22-23(13-21)35-15-30-22/h5-9,12-13,15,28-29H,10-11,14H2,1-4H3,(H,31,32,33). The Labute approximate surface area is 219 Å². The number of thiazole rings is 1. The summed E-state index contributed by atoms with van der Waals surface area (Å²) in [6.07, 6.45) is 0. The molecule has 3 aromatic heterocycles. The number of hydrogen-bond acceptors (Lipinski definition) is 9. The Morgan fingerprint density at radius 1 is 0.972 bits per heavy atom. The highest BCUT2D eigenvalue weighted by molar-refractivity contribution is 7.16. The zero-order chi connectivity index (χ0) is 25.1. The van der Waals surface area contributed by atoms with Gasteiger partial charge in [-0.15, -0.1) is 11.3 Å². The van der Waals surface area contributed by atoms with Crippen molar-refractivity contribution < 1.29 is 0 Å². The summed E-state index contributed by atoms with van der Waals surface area (Å²) in [5.74, 6) is 1.49. The van der Waals surface area contributed by atoms with Crippen molar-refractivity contribution in [1.82, 2.24) is 30.0 Å². The van der Waals surface area contributed by atoms with Gasteiger partial charge >= 0.3 is 0 Å². The number of rotatable bonds is 9. The highest BCUT2D eigenvalue weighted by Gasteiger charge is 2.19. The molecule has 0 saturated heterocycles. The van der Waals surface area contributed by atoms with Crippen LogP contribution in [-0.2, 0) is 6.54 Å². The molecule has 0 radical (unpaired) electrons. The van der Waals surface area contributed by atoms with Crippen molar-refractivity contribution in [3.63, 3.8) is 0 Å². The van der Waals surface area contributed by atoms with Gasteiger partial charge in [0.05, 0.1) is 27.1 Å². The number of hydrogen-bond donors (Lipinski definition) is 3. The highest BCUT2D eigenvalue weighted by Crippen LogP contribution is 2.36. The van der Waals surface area contributed by atoms with E-state index < -0.39 is 0 Å². The average Bonchev–Trinajstić information content (AvgIpc) is 3.49. The molecule has 0 amide bonds. The van der Waals surface area contributed by atoms with Gasteiger partial charge in [-0.2, -0.15) is 4.37 Å². The predicted molar refractivity (Wildman–Crippen MR) is 151 cm³/mol. The molecule has 9 heteroatoms. The lowest BCUT2D eigenvalue weighted by molar-refractivity contribution is 0.651. The van der Waals surface area contributed by atoms with Gasteiger partial charge in [0.15, 0.2) is 5.82 Å². The van der Waals surface area contributed by atoms with Crippen molar-refractivity contribution in [2.24, 2.45) is 0 Å². The fourth-order valence-electron chi connectivity index (χ4n) is 4.17. The van der Waals surface area contributed by atoms with Crippen LogP contribution in [0, 0.1) is 20.8 Å². The van der Waals surface area contributed by atoms with E-state index in [1.807, 2.05) is 31.6 Å².